The van der Waals surface area contributed by atoms with Gasteiger partial charge in [0.25, 0.3) is 0 Å². The number of fused-ring (bicyclic) bond motifs is 1. The van der Waals surface area contributed by atoms with Gasteiger partial charge in [-0.15, -0.1) is 5.26 Å². The van der Waals surface area contributed by atoms with Crippen molar-refractivity contribution in [1.82, 2.24) is 15.0 Å². The lowest BCUT2D eigenvalue weighted by atomic mass is 10.1. The number of methoxy groups -OCH3 is 1. The van der Waals surface area contributed by atoms with Crippen LogP contribution in [0.1, 0.15) is 22.8 Å². The molecular weight excluding hydrogens is 408 g/mol. The molecule has 3 N–H and O–H groups in total. The largest absolute Gasteiger partial charge is 0.465 e. The number of nitriles is 1. The number of anilines is 1. The first-order chi connectivity index (χ1) is 15.4. The number of hydrogen-bond acceptors (Lipinski definition) is 7. The average molecular weight is 433 g/mol. The summed E-state index contributed by atoms with van der Waals surface area (Å²) in [5.41, 5.74) is 9.12. The highest BCUT2D eigenvalue weighted by Crippen LogP contribution is 2.30. The Balaban J connectivity index is 1.62. The number of quaternary nitrogens is 1. The molecule has 1 fully saturated rings. The van der Waals surface area contributed by atoms with Crippen molar-refractivity contribution in [3.8, 4) is 6.19 Å². The first-order valence-electron chi connectivity index (χ1n) is 10.3. The van der Waals surface area contributed by atoms with Crippen molar-refractivity contribution in [2.45, 2.75) is 19.9 Å². The molecule has 4 rings (SSSR count). The number of aryl methyl sites for hydroxylation is 1. The number of hydrogen-bond donors (Lipinski definition) is 2. The second kappa shape index (κ2) is 8.28. The van der Waals surface area contributed by atoms with Crippen molar-refractivity contribution < 1.29 is 14.0 Å². The number of carbonyl (C=O) groups is 1. The molecule has 2 aromatic heterocycles. The lowest BCUT2D eigenvalue weighted by molar-refractivity contribution is -0.802. The van der Waals surface area contributed by atoms with E-state index in [0.29, 0.717) is 30.9 Å². The molecule has 1 aliphatic rings. The molecule has 2 atom stereocenters. The summed E-state index contributed by atoms with van der Waals surface area (Å²) in [5, 5.41) is 11.1. The van der Waals surface area contributed by atoms with Crippen LogP contribution in [0.25, 0.3) is 11.0 Å². The SMILES string of the molecule is COC(=O)c1cccc(N=C(N)[N@+]2(C#N)CCN(c3ncnc4[nH]cc(C)c34)CC2C)c1. The van der Waals surface area contributed by atoms with Gasteiger partial charge in [-0.25, -0.2) is 14.8 Å². The molecule has 164 valence electrons. The second-order valence-electron chi connectivity index (χ2n) is 7.89. The molecule has 1 aliphatic heterocycles. The van der Waals surface area contributed by atoms with E-state index >= 15 is 0 Å². The standard InChI is InChI=1S/C22H25N8O2/c1-14-10-25-19-18(14)20(27-13-26-19)29-7-8-30(12-23,15(2)11-29)22(24)28-17-6-4-5-16(9-17)21(31)32-3/h4-6,9-10,13,15H,7-8,11H2,1-3H3,(H2,24,28)(H,25,26,27)/q+1/t15?,30-/m0/s1. The van der Waals surface area contributed by atoms with Crippen LogP contribution >= 0.6 is 0 Å². The van der Waals surface area contributed by atoms with E-state index in [0.717, 1.165) is 22.4 Å². The van der Waals surface area contributed by atoms with Gasteiger partial charge in [0.2, 0.25) is 0 Å². The van der Waals surface area contributed by atoms with Crippen LogP contribution in [-0.4, -0.2) is 64.1 Å². The molecule has 0 spiro atoms. The first-order valence-corrected chi connectivity index (χ1v) is 10.3. The third kappa shape index (κ3) is 3.52. The Bertz CT molecular complexity index is 1240. The number of benzene rings is 1. The van der Waals surface area contributed by atoms with Crippen molar-refractivity contribution in [1.29, 1.82) is 5.26 Å². The van der Waals surface area contributed by atoms with Gasteiger partial charge in [-0.1, -0.05) is 6.07 Å². The quantitative estimate of drug-likeness (QED) is 0.213. The Kier molecular flexibility index (Phi) is 5.50. The Labute approximate surface area is 185 Å². The van der Waals surface area contributed by atoms with Gasteiger partial charge in [0.15, 0.2) is 0 Å². The molecule has 1 unspecified atom stereocenters. The van der Waals surface area contributed by atoms with Gasteiger partial charge in [0.1, 0.15) is 30.4 Å². The number of nitrogens with one attached hydrogen (secondary N) is 1. The first kappa shape index (κ1) is 21.3. The summed E-state index contributed by atoms with van der Waals surface area (Å²) in [5.74, 6) is 0.577. The number of aromatic amines is 1. The summed E-state index contributed by atoms with van der Waals surface area (Å²) in [6.07, 6.45) is 5.84. The van der Waals surface area contributed by atoms with Crippen LogP contribution in [-0.2, 0) is 4.74 Å². The fourth-order valence-corrected chi connectivity index (χ4v) is 4.16. The summed E-state index contributed by atoms with van der Waals surface area (Å²) >= 11 is 0. The van der Waals surface area contributed by atoms with Crippen LogP contribution in [0, 0.1) is 18.4 Å². The molecular formula is C22H25N8O2+. The second-order valence-corrected chi connectivity index (χ2v) is 7.89. The maximum absolute atomic E-state index is 11.8. The van der Waals surface area contributed by atoms with E-state index in [1.807, 2.05) is 20.0 Å². The van der Waals surface area contributed by atoms with E-state index < -0.39 is 5.97 Å². The van der Waals surface area contributed by atoms with Crippen molar-refractivity contribution in [2.24, 2.45) is 10.7 Å². The molecule has 0 radical (unpaired) electrons. The Hall–Kier alpha value is -3.97. The fraction of sp³-hybridized carbons (Fsp3) is 0.318. The van der Waals surface area contributed by atoms with Crippen molar-refractivity contribution in [3.05, 3.63) is 47.9 Å². The van der Waals surface area contributed by atoms with Crippen LogP contribution in [0.3, 0.4) is 0 Å². The predicted molar refractivity (Wildman–Crippen MR) is 120 cm³/mol. The van der Waals surface area contributed by atoms with Gasteiger partial charge < -0.3 is 20.4 Å². The maximum Gasteiger partial charge on any atom is 0.337 e. The van der Waals surface area contributed by atoms with E-state index in [9.17, 15) is 10.1 Å². The molecule has 0 aliphatic carbocycles. The Morgan fingerprint density at radius 1 is 1.44 bits per heavy atom. The van der Waals surface area contributed by atoms with E-state index in [1.54, 1.807) is 30.6 Å². The summed E-state index contributed by atoms with van der Waals surface area (Å²) in [6.45, 7) is 5.58. The summed E-state index contributed by atoms with van der Waals surface area (Å²) in [6, 6.07) is 6.52. The van der Waals surface area contributed by atoms with Crippen LogP contribution in [0.4, 0.5) is 11.5 Å². The number of aliphatic imine (C=N–C) groups is 1. The minimum atomic E-state index is -0.456. The van der Waals surface area contributed by atoms with Gasteiger partial charge in [0.05, 0.1) is 36.8 Å². The number of aromatic nitrogens is 3. The highest BCUT2D eigenvalue weighted by molar-refractivity contribution is 5.91. The smallest absolute Gasteiger partial charge is 0.337 e. The molecule has 3 aromatic rings. The van der Waals surface area contributed by atoms with Crippen molar-refractivity contribution in [2.75, 3.05) is 31.6 Å². The van der Waals surface area contributed by atoms with E-state index in [2.05, 4.69) is 31.0 Å². The zero-order valence-electron chi connectivity index (χ0n) is 18.2. The van der Waals surface area contributed by atoms with Crippen molar-refractivity contribution in [3.63, 3.8) is 0 Å². The van der Waals surface area contributed by atoms with Gasteiger partial charge in [-0.2, -0.15) is 9.48 Å². The molecule has 0 amide bonds. The molecule has 1 aromatic carbocycles. The summed E-state index contributed by atoms with van der Waals surface area (Å²) in [7, 11) is 1.32. The minimum absolute atomic E-state index is 0.112. The zero-order chi connectivity index (χ0) is 22.9. The maximum atomic E-state index is 11.8. The van der Waals surface area contributed by atoms with Gasteiger partial charge in [-0.3, -0.25) is 0 Å². The number of nitrogens with zero attached hydrogens (tertiary/aromatic N) is 6. The number of esters is 1. The third-order valence-electron chi connectivity index (χ3n) is 6.00. The summed E-state index contributed by atoms with van der Waals surface area (Å²) < 4.78 is 4.65. The van der Waals surface area contributed by atoms with E-state index in [1.165, 1.54) is 7.11 Å². The zero-order valence-corrected chi connectivity index (χ0v) is 18.2. The highest BCUT2D eigenvalue weighted by Gasteiger charge is 2.45. The highest BCUT2D eigenvalue weighted by atomic mass is 16.5. The number of nitrogens with two attached hydrogens (primary N) is 1. The van der Waals surface area contributed by atoms with Gasteiger partial charge in [0, 0.05) is 6.20 Å². The molecule has 1 saturated heterocycles. The van der Waals surface area contributed by atoms with E-state index in [-0.39, 0.29) is 16.5 Å². The monoisotopic (exact) mass is 433 g/mol. The van der Waals surface area contributed by atoms with E-state index in [4.69, 9.17) is 10.5 Å². The lowest BCUT2D eigenvalue weighted by Crippen LogP contribution is -2.67. The number of guanidine groups is 1. The number of rotatable bonds is 3. The van der Waals surface area contributed by atoms with Gasteiger partial charge in [-0.05, 0) is 37.6 Å². The molecule has 32 heavy (non-hydrogen) atoms. The van der Waals surface area contributed by atoms with Crippen LogP contribution in [0.5, 0.6) is 0 Å². The molecule has 10 nitrogen and oxygen atoms in total. The minimum Gasteiger partial charge on any atom is -0.465 e. The number of ether oxygens (including phenoxy) is 1. The Morgan fingerprint density at radius 3 is 2.97 bits per heavy atom. The number of piperazine rings is 1. The van der Waals surface area contributed by atoms with Gasteiger partial charge >= 0.3 is 18.1 Å². The molecule has 3 heterocycles. The molecule has 0 saturated carbocycles. The molecule has 10 heteroatoms. The number of H-pyrrole nitrogens is 1. The fourth-order valence-electron chi connectivity index (χ4n) is 4.16. The normalized spacial score (nSPS) is 21.4. The third-order valence-corrected chi connectivity index (χ3v) is 6.00. The van der Waals surface area contributed by atoms with Crippen LogP contribution in [0.15, 0.2) is 41.8 Å². The van der Waals surface area contributed by atoms with Crippen molar-refractivity contribution >= 4 is 34.5 Å². The topological polar surface area (TPSA) is 133 Å². The van der Waals surface area contributed by atoms with Crippen LogP contribution < -0.4 is 10.6 Å². The molecule has 0 bridgehead atoms. The predicted octanol–water partition coefficient (Wildman–Crippen LogP) is 2.21. The number of carbonyl (C=O) groups excluding carboxylic acids is 1. The Morgan fingerprint density at radius 2 is 2.25 bits per heavy atom. The van der Waals surface area contributed by atoms with Crippen LogP contribution in [0.2, 0.25) is 0 Å². The summed E-state index contributed by atoms with van der Waals surface area (Å²) in [4.78, 5) is 30.5. The average Bonchev–Trinajstić information content (AvgIpc) is 3.19. The lowest BCUT2D eigenvalue weighted by Gasteiger charge is -2.42.